The standard InChI is InChI=1S/C21H23N3O3/c1-3-14(2)24-19(25)13-6-15-4-7-17(8-5-15)21(26)27-18-11-9-16(10-12-18)20(22)23/h4-14H,3H2,1-2H3,(H3,22,23)(H,24,25)/b13-6+. The molecule has 0 heterocycles. The van der Waals surface area contributed by atoms with Gasteiger partial charge in [0, 0.05) is 17.7 Å². The monoisotopic (exact) mass is 365 g/mol. The van der Waals surface area contributed by atoms with Crippen molar-refractivity contribution in [3.05, 3.63) is 71.3 Å². The number of amides is 1. The summed E-state index contributed by atoms with van der Waals surface area (Å²) in [6.07, 6.45) is 4.03. The van der Waals surface area contributed by atoms with Gasteiger partial charge in [0.05, 0.1) is 5.56 Å². The Hall–Kier alpha value is -3.41. The van der Waals surface area contributed by atoms with Crippen molar-refractivity contribution in [2.75, 3.05) is 0 Å². The van der Waals surface area contributed by atoms with Crippen LogP contribution in [0.5, 0.6) is 5.75 Å². The molecular weight excluding hydrogens is 342 g/mol. The number of esters is 1. The van der Waals surface area contributed by atoms with Gasteiger partial charge in [-0.3, -0.25) is 10.2 Å². The van der Waals surface area contributed by atoms with Crippen LogP contribution < -0.4 is 15.8 Å². The molecule has 6 nitrogen and oxygen atoms in total. The Balaban J connectivity index is 1.96. The molecule has 0 aliphatic carbocycles. The Bertz CT molecular complexity index is 840. The number of nitrogen functional groups attached to an aromatic ring is 1. The lowest BCUT2D eigenvalue weighted by atomic mass is 10.1. The van der Waals surface area contributed by atoms with E-state index in [1.54, 1.807) is 54.6 Å². The van der Waals surface area contributed by atoms with E-state index in [9.17, 15) is 9.59 Å². The quantitative estimate of drug-likeness (QED) is 0.230. The Morgan fingerprint density at radius 2 is 1.70 bits per heavy atom. The smallest absolute Gasteiger partial charge is 0.343 e. The predicted octanol–water partition coefficient (Wildman–Crippen LogP) is 3.12. The summed E-state index contributed by atoms with van der Waals surface area (Å²) < 4.78 is 5.30. The fourth-order valence-corrected chi connectivity index (χ4v) is 2.16. The average molecular weight is 365 g/mol. The summed E-state index contributed by atoms with van der Waals surface area (Å²) in [6, 6.07) is 13.3. The molecule has 4 N–H and O–H groups in total. The molecule has 0 spiro atoms. The van der Waals surface area contributed by atoms with E-state index in [-0.39, 0.29) is 17.8 Å². The summed E-state index contributed by atoms with van der Waals surface area (Å²) in [5.41, 5.74) is 7.15. The van der Waals surface area contributed by atoms with Crippen molar-refractivity contribution in [3.63, 3.8) is 0 Å². The largest absolute Gasteiger partial charge is 0.423 e. The van der Waals surface area contributed by atoms with Gasteiger partial charge in [0.15, 0.2) is 0 Å². The number of hydrogen-bond acceptors (Lipinski definition) is 4. The molecule has 140 valence electrons. The summed E-state index contributed by atoms with van der Waals surface area (Å²) in [5.74, 6) is -0.317. The van der Waals surface area contributed by atoms with Gasteiger partial charge in [-0.15, -0.1) is 0 Å². The van der Waals surface area contributed by atoms with E-state index in [2.05, 4.69) is 5.32 Å². The molecule has 0 saturated carbocycles. The van der Waals surface area contributed by atoms with Crippen LogP contribution in [0.3, 0.4) is 0 Å². The number of amidine groups is 1. The fourth-order valence-electron chi connectivity index (χ4n) is 2.16. The predicted molar refractivity (Wildman–Crippen MR) is 106 cm³/mol. The van der Waals surface area contributed by atoms with Gasteiger partial charge in [-0.25, -0.2) is 4.79 Å². The van der Waals surface area contributed by atoms with Crippen molar-refractivity contribution in [2.24, 2.45) is 5.73 Å². The molecule has 0 fully saturated rings. The molecule has 6 heteroatoms. The minimum Gasteiger partial charge on any atom is -0.423 e. The van der Waals surface area contributed by atoms with Crippen molar-refractivity contribution in [3.8, 4) is 5.75 Å². The van der Waals surface area contributed by atoms with E-state index in [0.29, 0.717) is 16.9 Å². The van der Waals surface area contributed by atoms with Crippen LogP contribution >= 0.6 is 0 Å². The van der Waals surface area contributed by atoms with Crippen LogP contribution in [0.25, 0.3) is 6.08 Å². The maximum absolute atomic E-state index is 12.2. The molecule has 27 heavy (non-hydrogen) atoms. The molecule has 2 aromatic rings. The Kier molecular flexibility index (Phi) is 6.88. The molecule has 2 aromatic carbocycles. The fraction of sp³-hybridized carbons (Fsp3) is 0.190. The zero-order valence-electron chi connectivity index (χ0n) is 15.4. The van der Waals surface area contributed by atoms with Crippen molar-refractivity contribution >= 4 is 23.8 Å². The third kappa shape index (κ3) is 6.11. The summed E-state index contributed by atoms with van der Waals surface area (Å²) >= 11 is 0. The van der Waals surface area contributed by atoms with Crippen LogP contribution in [-0.4, -0.2) is 23.8 Å². The second-order valence-electron chi connectivity index (χ2n) is 6.10. The second kappa shape index (κ2) is 9.33. The molecule has 1 unspecified atom stereocenters. The summed E-state index contributed by atoms with van der Waals surface area (Å²) in [6.45, 7) is 3.95. The van der Waals surface area contributed by atoms with Crippen LogP contribution in [0.2, 0.25) is 0 Å². The number of rotatable bonds is 7. The highest BCUT2D eigenvalue weighted by atomic mass is 16.5. The van der Waals surface area contributed by atoms with Crippen molar-refractivity contribution in [2.45, 2.75) is 26.3 Å². The van der Waals surface area contributed by atoms with Crippen LogP contribution in [0.4, 0.5) is 0 Å². The van der Waals surface area contributed by atoms with Gasteiger partial charge in [0.2, 0.25) is 5.91 Å². The minimum atomic E-state index is -0.490. The maximum Gasteiger partial charge on any atom is 0.343 e. The summed E-state index contributed by atoms with van der Waals surface area (Å²) in [5, 5.41) is 10.2. The summed E-state index contributed by atoms with van der Waals surface area (Å²) in [4.78, 5) is 23.9. The Morgan fingerprint density at radius 1 is 1.11 bits per heavy atom. The van der Waals surface area contributed by atoms with Gasteiger partial charge >= 0.3 is 5.97 Å². The number of carbonyl (C=O) groups is 2. The minimum absolute atomic E-state index is 0.0469. The number of hydrogen-bond donors (Lipinski definition) is 3. The van der Waals surface area contributed by atoms with Crippen molar-refractivity contribution in [1.82, 2.24) is 5.32 Å². The molecule has 0 aliphatic rings. The highest BCUT2D eigenvalue weighted by Gasteiger charge is 2.09. The van der Waals surface area contributed by atoms with Crippen molar-refractivity contribution < 1.29 is 14.3 Å². The first-order valence-corrected chi connectivity index (χ1v) is 8.64. The van der Waals surface area contributed by atoms with Crippen LogP contribution in [0.1, 0.15) is 41.8 Å². The van der Waals surface area contributed by atoms with Crippen LogP contribution in [0.15, 0.2) is 54.6 Å². The first kappa shape index (κ1) is 19.9. The number of carbonyl (C=O) groups excluding carboxylic acids is 2. The third-order valence-corrected chi connectivity index (χ3v) is 3.95. The van der Waals surface area contributed by atoms with Gasteiger partial charge in [0.25, 0.3) is 0 Å². The van der Waals surface area contributed by atoms with Gasteiger partial charge in [-0.2, -0.15) is 0 Å². The number of nitrogens with two attached hydrogens (primary N) is 1. The number of nitrogens with one attached hydrogen (secondary N) is 2. The van der Waals surface area contributed by atoms with E-state index in [1.165, 1.54) is 6.08 Å². The molecular formula is C21H23N3O3. The van der Waals surface area contributed by atoms with Crippen LogP contribution in [-0.2, 0) is 4.79 Å². The Morgan fingerprint density at radius 3 is 2.26 bits per heavy atom. The molecule has 2 rings (SSSR count). The molecule has 1 atom stereocenters. The number of ether oxygens (including phenoxy) is 1. The number of benzene rings is 2. The first-order chi connectivity index (χ1) is 12.9. The first-order valence-electron chi connectivity index (χ1n) is 8.64. The zero-order valence-corrected chi connectivity index (χ0v) is 15.4. The molecule has 0 bridgehead atoms. The average Bonchev–Trinajstić information content (AvgIpc) is 2.67. The normalized spacial score (nSPS) is 11.8. The van der Waals surface area contributed by atoms with E-state index < -0.39 is 5.97 Å². The van der Waals surface area contributed by atoms with Crippen molar-refractivity contribution in [1.29, 1.82) is 5.41 Å². The van der Waals surface area contributed by atoms with E-state index in [1.807, 2.05) is 13.8 Å². The molecule has 1 amide bonds. The van der Waals surface area contributed by atoms with Crippen LogP contribution in [0, 0.1) is 5.41 Å². The lowest BCUT2D eigenvalue weighted by Crippen LogP contribution is -2.30. The van der Waals surface area contributed by atoms with Gasteiger partial charge < -0.3 is 15.8 Å². The molecule has 0 aromatic heterocycles. The lowest BCUT2D eigenvalue weighted by Gasteiger charge is -2.08. The molecule has 0 radical (unpaired) electrons. The topological polar surface area (TPSA) is 105 Å². The third-order valence-electron chi connectivity index (χ3n) is 3.95. The zero-order chi connectivity index (χ0) is 19.8. The van der Waals surface area contributed by atoms with Gasteiger partial charge in [0.1, 0.15) is 11.6 Å². The highest BCUT2D eigenvalue weighted by molar-refractivity contribution is 5.95. The van der Waals surface area contributed by atoms with E-state index in [4.69, 9.17) is 15.9 Å². The second-order valence-corrected chi connectivity index (χ2v) is 6.10. The van der Waals surface area contributed by atoms with E-state index in [0.717, 1.165) is 12.0 Å². The SMILES string of the molecule is CCC(C)NC(=O)/C=C/c1ccc(C(=O)Oc2ccc(C(=N)N)cc2)cc1. The van der Waals surface area contributed by atoms with Gasteiger partial charge in [-0.05, 0) is 61.4 Å². The Labute approximate surface area is 158 Å². The highest BCUT2D eigenvalue weighted by Crippen LogP contribution is 2.15. The van der Waals surface area contributed by atoms with Gasteiger partial charge in [-0.1, -0.05) is 19.1 Å². The molecule has 0 saturated heterocycles. The van der Waals surface area contributed by atoms with E-state index >= 15 is 0 Å². The molecule has 0 aliphatic heterocycles. The summed E-state index contributed by atoms with van der Waals surface area (Å²) in [7, 11) is 0. The lowest BCUT2D eigenvalue weighted by molar-refractivity contribution is -0.117. The maximum atomic E-state index is 12.2.